The predicted molar refractivity (Wildman–Crippen MR) is 124 cm³/mol. The number of pyridine rings is 1. The number of nitrogens with one attached hydrogen (secondary N) is 3. The molecule has 2 aromatic carbocycles. The van der Waals surface area contributed by atoms with Gasteiger partial charge in [0.25, 0.3) is 0 Å². The topological polar surface area (TPSA) is 80.5 Å². The van der Waals surface area contributed by atoms with Crippen LogP contribution in [0.15, 0.2) is 59.5 Å². The second kappa shape index (κ2) is 9.76. The fourth-order valence-electron chi connectivity index (χ4n) is 3.93. The summed E-state index contributed by atoms with van der Waals surface area (Å²) in [5.74, 6) is 0. The Morgan fingerprint density at radius 2 is 1.77 bits per heavy atom. The van der Waals surface area contributed by atoms with E-state index in [0.29, 0.717) is 11.9 Å². The molecule has 3 aromatic rings. The number of benzene rings is 2. The molecule has 7 heteroatoms. The summed E-state index contributed by atoms with van der Waals surface area (Å²) in [5.41, 5.74) is 3.18. The number of carbonyl (C=O) groups excluding carboxylic acids is 1. The van der Waals surface area contributed by atoms with Crippen molar-refractivity contribution < 1.29 is 4.79 Å². The number of nitrogens with zero attached hydrogens (tertiary/aromatic N) is 2. The Bertz CT molecular complexity index is 1090. The van der Waals surface area contributed by atoms with Gasteiger partial charge in [-0.3, -0.25) is 14.6 Å². The summed E-state index contributed by atoms with van der Waals surface area (Å²) < 4.78 is 0. The maximum absolute atomic E-state index is 12.6. The third-order valence-electron chi connectivity index (χ3n) is 5.71. The molecule has 2 amide bonds. The number of anilines is 1. The molecule has 1 fully saturated rings. The maximum atomic E-state index is 12.6. The molecule has 7 nitrogen and oxygen atoms in total. The number of hydrogen-bond acceptors (Lipinski definition) is 4. The fraction of sp³-hybridized carbons (Fsp3) is 0.333. The predicted octanol–water partition coefficient (Wildman–Crippen LogP) is 2.78. The van der Waals surface area contributed by atoms with Crippen LogP contribution >= 0.6 is 0 Å². The highest BCUT2D eigenvalue weighted by Crippen LogP contribution is 2.12. The molecular formula is C24H29N5O2. The second-order valence-corrected chi connectivity index (χ2v) is 8.06. The number of aryl methyl sites for hydroxylation is 1. The van der Waals surface area contributed by atoms with Crippen LogP contribution in [0.3, 0.4) is 0 Å². The minimum atomic E-state index is -0.361. The van der Waals surface area contributed by atoms with E-state index in [1.807, 2.05) is 31.2 Å². The Hall–Kier alpha value is -3.16. The van der Waals surface area contributed by atoms with Crippen LogP contribution in [-0.4, -0.2) is 60.1 Å². The molecule has 2 heterocycles. The average Bonchev–Trinajstić information content (AvgIpc) is 2.78. The normalized spacial score (nSPS) is 15.1. The summed E-state index contributed by atoms with van der Waals surface area (Å²) in [4.78, 5) is 32.8. The Labute approximate surface area is 182 Å². The van der Waals surface area contributed by atoms with Crippen molar-refractivity contribution in [1.29, 1.82) is 0 Å². The third kappa shape index (κ3) is 5.51. The van der Waals surface area contributed by atoms with Crippen LogP contribution in [0, 0.1) is 6.92 Å². The first-order chi connectivity index (χ1) is 15.1. The first kappa shape index (κ1) is 21.1. The minimum absolute atomic E-state index is 0.179. The van der Waals surface area contributed by atoms with Gasteiger partial charge in [0.1, 0.15) is 5.69 Å². The average molecular weight is 420 g/mol. The molecule has 4 rings (SSSR count). The fourth-order valence-corrected chi connectivity index (χ4v) is 3.93. The number of H-pyrrole nitrogens is 1. The molecule has 162 valence electrons. The van der Waals surface area contributed by atoms with Crippen molar-refractivity contribution in [2.24, 2.45) is 0 Å². The molecule has 1 aromatic heterocycles. The molecule has 0 bridgehead atoms. The van der Waals surface area contributed by atoms with Crippen LogP contribution < -0.4 is 16.1 Å². The van der Waals surface area contributed by atoms with E-state index in [1.54, 1.807) is 6.20 Å². The van der Waals surface area contributed by atoms with Gasteiger partial charge in [0.15, 0.2) is 0 Å². The van der Waals surface area contributed by atoms with Crippen molar-refractivity contribution in [3.05, 3.63) is 76.1 Å². The lowest BCUT2D eigenvalue weighted by Crippen LogP contribution is -2.48. The molecule has 0 aliphatic carbocycles. The summed E-state index contributed by atoms with van der Waals surface area (Å²) in [6, 6.07) is 15.8. The van der Waals surface area contributed by atoms with Crippen LogP contribution in [0.5, 0.6) is 0 Å². The molecular weight excluding hydrogens is 390 g/mol. The van der Waals surface area contributed by atoms with Crippen molar-refractivity contribution in [1.82, 2.24) is 20.1 Å². The van der Waals surface area contributed by atoms with Gasteiger partial charge in [-0.2, -0.15) is 0 Å². The summed E-state index contributed by atoms with van der Waals surface area (Å²) in [6.45, 7) is 8.26. The van der Waals surface area contributed by atoms with Crippen molar-refractivity contribution in [3.63, 3.8) is 0 Å². The SMILES string of the molecule is Cc1ccc2[nH]cc(NC(=O)NCCN3CCN(Cc4ccccc4)CC3)c(=O)c2c1. The summed E-state index contributed by atoms with van der Waals surface area (Å²) in [6.07, 6.45) is 1.55. The number of fused-ring (bicyclic) bond motifs is 1. The van der Waals surface area contributed by atoms with Crippen LogP contribution in [0.4, 0.5) is 10.5 Å². The number of aromatic amines is 1. The zero-order valence-electron chi connectivity index (χ0n) is 17.9. The van der Waals surface area contributed by atoms with E-state index in [1.165, 1.54) is 5.56 Å². The zero-order chi connectivity index (χ0) is 21.6. The van der Waals surface area contributed by atoms with Crippen molar-refractivity contribution >= 4 is 22.6 Å². The molecule has 0 unspecified atom stereocenters. The Morgan fingerprint density at radius 1 is 1.03 bits per heavy atom. The second-order valence-electron chi connectivity index (χ2n) is 8.06. The first-order valence-corrected chi connectivity index (χ1v) is 10.7. The van der Waals surface area contributed by atoms with Gasteiger partial charge >= 0.3 is 6.03 Å². The lowest BCUT2D eigenvalue weighted by molar-refractivity contribution is 0.128. The number of amides is 2. The number of carbonyl (C=O) groups is 1. The highest BCUT2D eigenvalue weighted by molar-refractivity contribution is 5.92. The standard InChI is InChI=1S/C24H29N5O2/c1-18-7-8-21-20(15-18)23(30)22(16-26-21)27-24(31)25-9-10-28-11-13-29(14-12-28)17-19-5-3-2-4-6-19/h2-8,15-16H,9-14,17H2,1H3,(H,26,30)(H2,25,27,31). The Balaban J connectivity index is 1.21. The molecule has 3 N–H and O–H groups in total. The van der Waals surface area contributed by atoms with E-state index in [9.17, 15) is 9.59 Å². The smallest absolute Gasteiger partial charge is 0.319 e. The van der Waals surface area contributed by atoms with Crippen molar-refractivity contribution in [2.45, 2.75) is 13.5 Å². The number of urea groups is 1. The molecule has 1 aliphatic heterocycles. The van der Waals surface area contributed by atoms with Gasteiger partial charge in [0, 0.05) is 62.9 Å². The van der Waals surface area contributed by atoms with Crippen LogP contribution in [0.2, 0.25) is 0 Å². The van der Waals surface area contributed by atoms with Crippen LogP contribution in [-0.2, 0) is 6.54 Å². The monoisotopic (exact) mass is 419 g/mol. The summed E-state index contributed by atoms with van der Waals surface area (Å²) in [7, 11) is 0. The van der Waals surface area contributed by atoms with E-state index in [0.717, 1.165) is 50.3 Å². The number of piperazine rings is 1. The number of rotatable bonds is 6. The van der Waals surface area contributed by atoms with E-state index in [-0.39, 0.29) is 17.1 Å². The molecule has 31 heavy (non-hydrogen) atoms. The molecule has 0 spiro atoms. The number of hydrogen-bond donors (Lipinski definition) is 3. The summed E-state index contributed by atoms with van der Waals surface area (Å²) >= 11 is 0. The molecule has 0 atom stereocenters. The van der Waals surface area contributed by atoms with E-state index in [2.05, 4.69) is 49.7 Å². The van der Waals surface area contributed by atoms with Crippen LogP contribution in [0.1, 0.15) is 11.1 Å². The quantitative estimate of drug-likeness (QED) is 0.574. The van der Waals surface area contributed by atoms with Crippen molar-refractivity contribution in [3.8, 4) is 0 Å². The van der Waals surface area contributed by atoms with E-state index >= 15 is 0 Å². The van der Waals surface area contributed by atoms with Gasteiger partial charge in [-0.15, -0.1) is 0 Å². The van der Waals surface area contributed by atoms with Gasteiger partial charge in [0.05, 0.1) is 0 Å². The highest BCUT2D eigenvalue weighted by atomic mass is 16.2. The first-order valence-electron chi connectivity index (χ1n) is 10.7. The van der Waals surface area contributed by atoms with E-state index < -0.39 is 0 Å². The van der Waals surface area contributed by atoms with Gasteiger partial charge in [-0.25, -0.2) is 4.79 Å². The van der Waals surface area contributed by atoms with Gasteiger partial charge in [0.2, 0.25) is 5.43 Å². The van der Waals surface area contributed by atoms with E-state index in [4.69, 9.17) is 0 Å². The largest absolute Gasteiger partial charge is 0.359 e. The van der Waals surface area contributed by atoms with Crippen molar-refractivity contribution in [2.75, 3.05) is 44.6 Å². The molecule has 1 saturated heterocycles. The van der Waals surface area contributed by atoms with Gasteiger partial charge < -0.3 is 15.6 Å². The number of aromatic nitrogens is 1. The lowest BCUT2D eigenvalue weighted by atomic mass is 10.1. The minimum Gasteiger partial charge on any atom is -0.359 e. The zero-order valence-corrected chi connectivity index (χ0v) is 17.9. The molecule has 0 radical (unpaired) electrons. The molecule has 1 aliphatic rings. The third-order valence-corrected chi connectivity index (χ3v) is 5.71. The van der Waals surface area contributed by atoms with Crippen LogP contribution in [0.25, 0.3) is 10.9 Å². The Kier molecular flexibility index (Phi) is 6.64. The van der Waals surface area contributed by atoms with Gasteiger partial charge in [-0.05, 0) is 24.6 Å². The lowest BCUT2D eigenvalue weighted by Gasteiger charge is -2.34. The van der Waals surface area contributed by atoms with Gasteiger partial charge in [-0.1, -0.05) is 42.0 Å². The highest BCUT2D eigenvalue weighted by Gasteiger charge is 2.17. The molecule has 0 saturated carbocycles. The Morgan fingerprint density at radius 3 is 2.55 bits per heavy atom. The summed E-state index contributed by atoms with van der Waals surface area (Å²) in [5, 5.41) is 6.11. The maximum Gasteiger partial charge on any atom is 0.319 e.